The maximum atomic E-state index is 10.9. The number of hydrogen-bond donors (Lipinski definition) is 0. The molecule has 1 rings (SSSR count). The van der Waals surface area contributed by atoms with Crippen LogP contribution in [0.4, 0.5) is 0 Å². The van der Waals surface area contributed by atoms with Crippen molar-refractivity contribution in [2.75, 3.05) is 20.0 Å². The average Bonchev–Trinajstić information content (AvgIpc) is 2.39. The van der Waals surface area contributed by atoms with Gasteiger partial charge in [-0.2, -0.15) is 11.8 Å². The van der Waals surface area contributed by atoms with E-state index in [2.05, 4.69) is 23.1 Å². The van der Waals surface area contributed by atoms with Gasteiger partial charge in [0, 0.05) is 12.2 Å². The molecule has 1 aromatic carbocycles. The lowest BCUT2D eigenvalue weighted by atomic mass is 10.2. The van der Waals surface area contributed by atoms with Crippen molar-refractivity contribution in [3.63, 3.8) is 0 Å². The average molecular weight is 268 g/mol. The van der Waals surface area contributed by atoms with Crippen LogP contribution in [0.2, 0.25) is 0 Å². The lowest BCUT2D eigenvalue weighted by Gasteiger charge is -2.07. The topological polar surface area (TPSA) is 35.5 Å². The van der Waals surface area contributed by atoms with Gasteiger partial charge in [0.2, 0.25) is 0 Å². The summed E-state index contributed by atoms with van der Waals surface area (Å²) in [6.45, 7) is 0.639. The minimum atomic E-state index is -0.156. The van der Waals surface area contributed by atoms with Crippen molar-refractivity contribution in [3.05, 3.63) is 29.8 Å². The van der Waals surface area contributed by atoms with Crippen molar-refractivity contribution in [1.29, 1.82) is 0 Å². The van der Waals surface area contributed by atoms with Crippen LogP contribution in [0.1, 0.15) is 24.8 Å². The van der Waals surface area contributed by atoms with Crippen LogP contribution in [0.25, 0.3) is 0 Å². The molecule has 0 aliphatic carbocycles. The highest BCUT2D eigenvalue weighted by Crippen LogP contribution is 2.17. The fraction of sp³-hybridized carbons (Fsp3) is 0.500. The first-order valence-corrected chi connectivity index (χ1v) is 7.43. The Morgan fingerprint density at radius 1 is 1.33 bits per heavy atom. The highest BCUT2D eigenvalue weighted by Gasteiger charge is 2.00. The molecule has 4 heteroatoms. The highest BCUT2D eigenvalue weighted by molar-refractivity contribution is 7.97. The number of methoxy groups -OCH3 is 1. The van der Waals surface area contributed by atoms with Gasteiger partial charge in [-0.25, -0.2) is 0 Å². The zero-order valence-corrected chi connectivity index (χ0v) is 11.8. The predicted octanol–water partition coefficient (Wildman–Crippen LogP) is 3.27. The molecule has 18 heavy (non-hydrogen) atoms. The summed E-state index contributed by atoms with van der Waals surface area (Å²) in [5, 5.41) is 0. The first-order chi connectivity index (χ1) is 8.76. The summed E-state index contributed by atoms with van der Waals surface area (Å²) in [6, 6.07) is 8.14. The molecule has 0 bridgehead atoms. The van der Waals surface area contributed by atoms with E-state index in [1.165, 1.54) is 12.7 Å². The molecule has 1 aromatic rings. The van der Waals surface area contributed by atoms with E-state index in [1.54, 1.807) is 11.8 Å². The molecule has 3 nitrogen and oxygen atoms in total. The Morgan fingerprint density at radius 3 is 2.89 bits per heavy atom. The number of thioether (sulfide) groups is 1. The van der Waals surface area contributed by atoms with Gasteiger partial charge < -0.3 is 9.47 Å². The quantitative estimate of drug-likeness (QED) is 0.535. The Labute approximate surface area is 113 Å². The summed E-state index contributed by atoms with van der Waals surface area (Å²) in [5.74, 6) is 1.75. The molecule has 0 aromatic heterocycles. The molecule has 0 aliphatic heterocycles. The number of carbonyl (C=O) groups is 1. The Bertz CT molecular complexity index is 366. The molecule has 0 radical (unpaired) electrons. The van der Waals surface area contributed by atoms with Gasteiger partial charge in [-0.05, 0) is 36.8 Å². The van der Waals surface area contributed by atoms with Gasteiger partial charge in [-0.1, -0.05) is 12.1 Å². The lowest BCUT2D eigenvalue weighted by Crippen LogP contribution is -2.02. The van der Waals surface area contributed by atoms with Crippen molar-refractivity contribution in [3.8, 4) is 5.75 Å². The third-order valence-corrected chi connectivity index (χ3v) is 3.10. The van der Waals surface area contributed by atoms with Gasteiger partial charge >= 0.3 is 5.97 Å². The van der Waals surface area contributed by atoms with Gasteiger partial charge in [0.1, 0.15) is 5.75 Å². The van der Waals surface area contributed by atoms with Crippen LogP contribution < -0.4 is 4.74 Å². The minimum absolute atomic E-state index is 0.156. The van der Waals surface area contributed by atoms with Crippen LogP contribution in [-0.4, -0.2) is 25.9 Å². The molecule has 0 aliphatic rings. The highest BCUT2D eigenvalue weighted by atomic mass is 32.2. The number of ether oxygens (including phenoxy) is 2. The van der Waals surface area contributed by atoms with Gasteiger partial charge in [0.05, 0.1) is 13.7 Å². The Morgan fingerprint density at radius 2 is 2.17 bits per heavy atom. The van der Waals surface area contributed by atoms with Crippen LogP contribution >= 0.6 is 11.8 Å². The van der Waals surface area contributed by atoms with E-state index in [1.807, 2.05) is 12.1 Å². The standard InChI is InChI=1S/C14H20O3S/c1-16-14(15)8-3-4-9-17-13-7-5-6-12(10-13)11-18-2/h5-7,10H,3-4,8-9,11H2,1-2H3. The number of carbonyl (C=O) groups excluding carboxylic acids is 1. The van der Waals surface area contributed by atoms with E-state index in [0.29, 0.717) is 13.0 Å². The summed E-state index contributed by atoms with van der Waals surface area (Å²) in [5.41, 5.74) is 1.27. The van der Waals surface area contributed by atoms with Crippen molar-refractivity contribution < 1.29 is 14.3 Å². The smallest absolute Gasteiger partial charge is 0.305 e. The van der Waals surface area contributed by atoms with Crippen LogP contribution in [0.15, 0.2) is 24.3 Å². The Kier molecular flexibility index (Phi) is 7.34. The molecule has 0 N–H and O–H groups in total. The summed E-state index contributed by atoms with van der Waals surface area (Å²) in [4.78, 5) is 10.9. The predicted molar refractivity (Wildman–Crippen MR) is 75.0 cm³/mol. The molecular formula is C14H20O3S. The summed E-state index contributed by atoms with van der Waals surface area (Å²) >= 11 is 1.79. The number of esters is 1. The molecule has 0 heterocycles. The van der Waals surface area contributed by atoms with E-state index in [4.69, 9.17) is 4.74 Å². The van der Waals surface area contributed by atoms with Gasteiger partial charge in [0.15, 0.2) is 0 Å². The van der Waals surface area contributed by atoms with Crippen LogP contribution in [0, 0.1) is 0 Å². The summed E-state index contributed by atoms with van der Waals surface area (Å²) in [7, 11) is 1.41. The van der Waals surface area contributed by atoms with Gasteiger partial charge in [0.25, 0.3) is 0 Å². The van der Waals surface area contributed by atoms with Crippen molar-refractivity contribution in [2.24, 2.45) is 0 Å². The van der Waals surface area contributed by atoms with E-state index in [-0.39, 0.29) is 5.97 Å². The molecule has 100 valence electrons. The minimum Gasteiger partial charge on any atom is -0.494 e. The maximum absolute atomic E-state index is 10.9. The SMILES string of the molecule is COC(=O)CCCCOc1cccc(CSC)c1. The summed E-state index contributed by atoms with van der Waals surface area (Å²) in [6.07, 6.45) is 4.21. The molecule has 0 fully saturated rings. The normalized spacial score (nSPS) is 10.1. The van der Waals surface area contributed by atoms with E-state index < -0.39 is 0 Å². The number of unbranched alkanes of at least 4 members (excludes halogenated alkanes) is 1. The fourth-order valence-electron chi connectivity index (χ4n) is 1.56. The third-order valence-electron chi connectivity index (χ3n) is 2.48. The van der Waals surface area contributed by atoms with Gasteiger partial charge in [-0.3, -0.25) is 4.79 Å². The second-order valence-corrected chi connectivity index (χ2v) is 4.83. The monoisotopic (exact) mass is 268 g/mol. The zero-order valence-electron chi connectivity index (χ0n) is 11.0. The molecule has 0 saturated carbocycles. The number of benzene rings is 1. The molecule has 0 atom stereocenters. The van der Waals surface area contributed by atoms with Crippen LogP contribution in [0.3, 0.4) is 0 Å². The molecule has 0 spiro atoms. The van der Waals surface area contributed by atoms with Gasteiger partial charge in [-0.15, -0.1) is 0 Å². The number of rotatable bonds is 8. The molecular weight excluding hydrogens is 248 g/mol. The van der Waals surface area contributed by atoms with E-state index in [9.17, 15) is 4.79 Å². The van der Waals surface area contributed by atoms with E-state index in [0.717, 1.165) is 24.3 Å². The third kappa shape index (κ3) is 5.96. The van der Waals surface area contributed by atoms with Crippen molar-refractivity contribution in [1.82, 2.24) is 0 Å². The lowest BCUT2D eigenvalue weighted by molar-refractivity contribution is -0.140. The fourth-order valence-corrected chi connectivity index (χ4v) is 2.07. The van der Waals surface area contributed by atoms with Crippen molar-refractivity contribution in [2.45, 2.75) is 25.0 Å². The van der Waals surface area contributed by atoms with Crippen LogP contribution in [-0.2, 0) is 15.3 Å². The second kappa shape index (κ2) is 8.86. The van der Waals surface area contributed by atoms with Crippen LogP contribution in [0.5, 0.6) is 5.75 Å². The van der Waals surface area contributed by atoms with E-state index >= 15 is 0 Å². The molecule has 0 saturated heterocycles. The Balaban J connectivity index is 2.22. The zero-order chi connectivity index (χ0) is 13.2. The first kappa shape index (κ1) is 14.9. The molecule has 0 amide bonds. The molecule has 0 unspecified atom stereocenters. The first-order valence-electron chi connectivity index (χ1n) is 6.03. The largest absolute Gasteiger partial charge is 0.494 e. The second-order valence-electron chi connectivity index (χ2n) is 3.96. The van der Waals surface area contributed by atoms with Crippen molar-refractivity contribution >= 4 is 17.7 Å². The Hall–Kier alpha value is -1.16. The summed E-state index contributed by atoms with van der Waals surface area (Å²) < 4.78 is 10.2. The maximum Gasteiger partial charge on any atom is 0.305 e. The number of hydrogen-bond acceptors (Lipinski definition) is 4.